The Morgan fingerprint density at radius 2 is 2.04 bits per heavy atom. The number of furan rings is 2. The van der Waals surface area contributed by atoms with Gasteiger partial charge in [-0.15, -0.1) is 0 Å². The van der Waals surface area contributed by atoms with Crippen molar-refractivity contribution < 1.29 is 28.3 Å². The van der Waals surface area contributed by atoms with Gasteiger partial charge in [-0.2, -0.15) is 0 Å². The standard InChI is InChI=1S/C20H21NO6/c1-10-9-26-16(8-17(22)23)18(10)20(24)21-12(3)19-11(2)14-7-13(25-4)5-6-15(14)27-19/h5-7,9,12H,8H2,1-4H3,(H,21,24)(H,22,23). The van der Waals surface area contributed by atoms with Gasteiger partial charge in [0.2, 0.25) is 0 Å². The number of rotatable bonds is 6. The lowest BCUT2D eigenvalue weighted by molar-refractivity contribution is -0.136. The van der Waals surface area contributed by atoms with E-state index in [1.165, 1.54) is 6.26 Å². The summed E-state index contributed by atoms with van der Waals surface area (Å²) in [5.74, 6) is 0.0289. The zero-order valence-electron chi connectivity index (χ0n) is 15.6. The first-order valence-electron chi connectivity index (χ1n) is 8.48. The van der Waals surface area contributed by atoms with Crippen molar-refractivity contribution in [1.29, 1.82) is 0 Å². The molecule has 1 aromatic carbocycles. The third kappa shape index (κ3) is 3.53. The minimum atomic E-state index is -1.06. The van der Waals surface area contributed by atoms with Gasteiger partial charge in [-0.1, -0.05) is 0 Å². The van der Waals surface area contributed by atoms with E-state index in [1.54, 1.807) is 14.0 Å². The Kier molecular flexibility index (Phi) is 4.94. The summed E-state index contributed by atoms with van der Waals surface area (Å²) in [7, 11) is 1.60. The minimum absolute atomic E-state index is 0.135. The largest absolute Gasteiger partial charge is 0.497 e. The quantitative estimate of drug-likeness (QED) is 0.684. The molecule has 0 aliphatic carbocycles. The molecule has 142 valence electrons. The Morgan fingerprint density at radius 1 is 1.30 bits per heavy atom. The highest BCUT2D eigenvalue weighted by Gasteiger charge is 2.24. The Labute approximate surface area is 155 Å². The molecule has 0 fully saturated rings. The van der Waals surface area contributed by atoms with E-state index >= 15 is 0 Å². The van der Waals surface area contributed by atoms with Crippen molar-refractivity contribution in [1.82, 2.24) is 5.32 Å². The van der Waals surface area contributed by atoms with Gasteiger partial charge >= 0.3 is 5.97 Å². The topological polar surface area (TPSA) is 102 Å². The smallest absolute Gasteiger partial charge is 0.311 e. The molecule has 0 radical (unpaired) electrons. The van der Waals surface area contributed by atoms with Crippen LogP contribution >= 0.6 is 0 Å². The molecule has 0 saturated carbocycles. The third-order valence-corrected chi connectivity index (χ3v) is 4.51. The van der Waals surface area contributed by atoms with Crippen LogP contribution in [0.15, 0.2) is 33.3 Å². The maximum atomic E-state index is 12.7. The van der Waals surface area contributed by atoms with E-state index in [1.807, 2.05) is 32.0 Å². The van der Waals surface area contributed by atoms with E-state index in [0.717, 1.165) is 16.7 Å². The van der Waals surface area contributed by atoms with Crippen LogP contribution in [0.1, 0.15) is 46.0 Å². The molecule has 3 rings (SSSR count). The maximum Gasteiger partial charge on any atom is 0.311 e. The molecule has 0 saturated heterocycles. The third-order valence-electron chi connectivity index (χ3n) is 4.51. The summed E-state index contributed by atoms with van der Waals surface area (Å²) in [6.07, 6.45) is 1.03. The van der Waals surface area contributed by atoms with Crippen LogP contribution in [0, 0.1) is 13.8 Å². The van der Waals surface area contributed by atoms with Crippen LogP contribution in [0.3, 0.4) is 0 Å². The number of fused-ring (bicyclic) bond motifs is 1. The average Bonchev–Trinajstić information content (AvgIpc) is 3.14. The van der Waals surface area contributed by atoms with Crippen LogP contribution in [-0.4, -0.2) is 24.1 Å². The van der Waals surface area contributed by atoms with Gasteiger partial charge in [0.15, 0.2) is 0 Å². The van der Waals surface area contributed by atoms with E-state index < -0.39 is 17.9 Å². The van der Waals surface area contributed by atoms with Gasteiger partial charge in [0.1, 0.15) is 29.3 Å². The molecule has 1 atom stereocenters. The number of methoxy groups -OCH3 is 1. The summed E-state index contributed by atoms with van der Waals surface area (Å²) in [6, 6.07) is 5.11. The fourth-order valence-electron chi connectivity index (χ4n) is 3.16. The lowest BCUT2D eigenvalue weighted by atomic mass is 10.1. The molecular weight excluding hydrogens is 350 g/mol. The molecule has 0 bridgehead atoms. The number of aryl methyl sites for hydroxylation is 2. The van der Waals surface area contributed by atoms with Crippen LogP contribution in [0.5, 0.6) is 5.75 Å². The van der Waals surface area contributed by atoms with Crippen LogP contribution in [0.4, 0.5) is 0 Å². The second-order valence-electron chi connectivity index (χ2n) is 6.44. The molecule has 0 aliphatic heterocycles. The van der Waals surface area contributed by atoms with E-state index in [9.17, 15) is 9.59 Å². The van der Waals surface area contributed by atoms with Crippen LogP contribution in [0.2, 0.25) is 0 Å². The lowest BCUT2D eigenvalue weighted by Gasteiger charge is -2.13. The number of amides is 1. The molecule has 27 heavy (non-hydrogen) atoms. The molecule has 7 nitrogen and oxygen atoms in total. The summed E-state index contributed by atoms with van der Waals surface area (Å²) in [5.41, 5.74) is 2.45. The van der Waals surface area contributed by atoms with Gasteiger partial charge in [-0.25, -0.2) is 0 Å². The zero-order valence-corrected chi connectivity index (χ0v) is 15.6. The van der Waals surface area contributed by atoms with Gasteiger partial charge in [0.25, 0.3) is 5.91 Å². The van der Waals surface area contributed by atoms with E-state index in [2.05, 4.69) is 5.32 Å². The number of nitrogens with one attached hydrogen (secondary N) is 1. The lowest BCUT2D eigenvalue weighted by Crippen LogP contribution is -2.28. The Balaban J connectivity index is 1.87. The molecule has 3 aromatic rings. The SMILES string of the molecule is COc1ccc2oc(C(C)NC(=O)c3c(C)coc3CC(=O)O)c(C)c2c1. The average molecular weight is 371 g/mol. The number of carbonyl (C=O) groups excluding carboxylic acids is 1. The van der Waals surface area contributed by atoms with Crippen molar-refractivity contribution in [2.75, 3.05) is 7.11 Å². The number of benzene rings is 1. The molecule has 2 aromatic heterocycles. The fourth-order valence-corrected chi connectivity index (χ4v) is 3.16. The highest BCUT2D eigenvalue weighted by atomic mass is 16.5. The Hall–Kier alpha value is -3.22. The molecule has 2 N–H and O–H groups in total. The van der Waals surface area contributed by atoms with Gasteiger partial charge < -0.3 is 24.0 Å². The van der Waals surface area contributed by atoms with E-state index in [0.29, 0.717) is 16.9 Å². The van der Waals surface area contributed by atoms with Gasteiger partial charge in [-0.05, 0) is 39.0 Å². The molecule has 1 amide bonds. The molecule has 2 heterocycles. The van der Waals surface area contributed by atoms with Crippen molar-refractivity contribution in [2.24, 2.45) is 0 Å². The van der Waals surface area contributed by atoms with Crippen LogP contribution in [-0.2, 0) is 11.2 Å². The van der Waals surface area contributed by atoms with Gasteiger partial charge in [-0.3, -0.25) is 9.59 Å². The molecule has 0 spiro atoms. The molecule has 7 heteroatoms. The fraction of sp³-hybridized carbons (Fsp3) is 0.300. The van der Waals surface area contributed by atoms with Crippen molar-refractivity contribution in [3.05, 3.63) is 52.7 Å². The predicted molar refractivity (Wildman–Crippen MR) is 98.2 cm³/mol. The number of carboxylic acid groups (broad SMARTS) is 1. The zero-order chi connectivity index (χ0) is 19.7. The normalized spacial score (nSPS) is 12.1. The number of hydrogen-bond acceptors (Lipinski definition) is 5. The number of ether oxygens (including phenoxy) is 1. The molecule has 0 aliphatic rings. The Morgan fingerprint density at radius 3 is 2.70 bits per heavy atom. The van der Waals surface area contributed by atoms with Crippen molar-refractivity contribution in [2.45, 2.75) is 33.2 Å². The van der Waals surface area contributed by atoms with Crippen molar-refractivity contribution in [3.8, 4) is 5.75 Å². The van der Waals surface area contributed by atoms with Crippen LogP contribution in [0.25, 0.3) is 11.0 Å². The van der Waals surface area contributed by atoms with E-state index in [-0.39, 0.29) is 17.7 Å². The first kappa shape index (κ1) is 18.6. The highest BCUT2D eigenvalue weighted by molar-refractivity contribution is 5.97. The summed E-state index contributed by atoms with van der Waals surface area (Å²) in [5, 5.41) is 12.8. The summed E-state index contributed by atoms with van der Waals surface area (Å²) in [6.45, 7) is 5.43. The monoisotopic (exact) mass is 371 g/mol. The van der Waals surface area contributed by atoms with E-state index in [4.69, 9.17) is 18.7 Å². The first-order valence-corrected chi connectivity index (χ1v) is 8.48. The summed E-state index contributed by atoms with van der Waals surface area (Å²) < 4.78 is 16.4. The van der Waals surface area contributed by atoms with Gasteiger partial charge in [0, 0.05) is 16.5 Å². The summed E-state index contributed by atoms with van der Waals surface area (Å²) in [4.78, 5) is 23.7. The highest BCUT2D eigenvalue weighted by Crippen LogP contribution is 2.32. The number of carbonyl (C=O) groups is 2. The Bertz CT molecular complexity index is 1010. The van der Waals surface area contributed by atoms with Crippen molar-refractivity contribution in [3.63, 3.8) is 0 Å². The molecular formula is C20H21NO6. The minimum Gasteiger partial charge on any atom is -0.497 e. The van der Waals surface area contributed by atoms with Crippen LogP contribution < -0.4 is 10.1 Å². The predicted octanol–water partition coefficient (Wildman–Crippen LogP) is 3.77. The second-order valence-corrected chi connectivity index (χ2v) is 6.44. The first-order chi connectivity index (χ1) is 12.8. The number of hydrogen-bond donors (Lipinski definition) is 2. The second kappa shape index (κ2) is 7.19. The number of carboxylic acids is 1. The maximum absolute atomic E-state index is 12.7. The molecule has 1 unspecified atom stereocenters. The summed E-state index contributed by atoms with van der Waals surface area (Å²) >= 11 is 0. The number of aliphatic carboxylic acids is 1. The van der Waals surface area contributed by atoms with Crippen molar-refractivity contribution >= 4 is 22.8 Å². The van der Waals surface area contributed by atoms with Gasteiger partial charge in [0.05, 0.1) is 25.0 Å².